The predicted octanol–water partition coefficient (Wildman–Crippen LogP) is 2.64. The molecule has 0 aliphatic carbocycles. The van der Waals surface area contributed by atoms with Gasteiger partial charge in [-0.3, -0.25) is 14.6 Å². The molecule has 1 unspecified atom stereocenters. The molecule has 3 aliphatic heterocycles. The number of benzene rings is 2. The fourth-order valence-corrected chi connectivity index (χ4v) is 4.97. The van der Waals surface area contributed by atoms with Crippen LogP contribution in [0.25, 0.3) is 0 Å². The third kappa shape index (κ3) is 4.75. The molecule has 3 aliphatic rings. The Morgan fingerprint density at radius 1 is 0.970 bits per heavy atom. The Kier molecular flexibility index (Phi) is 6.08. The zero-order valence-electron chi connectivity index (χ0n) is 19.3. The van der Waals surface area contributed by atoms with Crippen LogP contribution in [0.1, 0.15) is 30.0 Å². The van der Waals surface area contributed by atoms with Crippen molar-refractivity contribution in [2.75, 3.05) is 39.5 Å². The molecular formula is C26H32N4O3. The van der Waals surface area contributed by atoms with E-state index in [1.54, 1.807) is 0 Å². The number of carbonyl (C=O) groups is 2. The number of nitrogens with zero attached hydrogens (tertiary/aromatic N) is 3. The normalized spacial score (nSPS) is 23.5. The van der Waals surface area contributed by atoms with Crippen LogP contribution < -0.4 is 10.1 Å². The highest BCUT2D eigenvalue weighted by molar-refractivity contribution is 6.06. The molecule has 174 valence electrons. The van der Waals surface area contributed by atoms with Crippen molar-refractivity contribution in [3.8, 4) is 5.75 Å². The Morgan fingerprint density at radius 2 is 1.73 bits per heavy atom. The van der Waals surface area contributed by atoms with Crippen molar-refractivity contribution in [2.24, 2.45) is 0 Å². The number of nitrogens with one attached hydrogen (secondary N) is 1. The maximum absolute atomic E-state index is 13.1. The highest BCUT2D eigenvalue weighted by Gasteiger charge is 2.47. The number of hydrogen-bond acceptors (Lipinski definition) is 5. The lowest BCUT2D eigenvalue weighted by molar-refractivity contribution is -0.132. The van der Waals surface area contributed by atoms with Gasteiger partial charge in [-0.2, -0.15) is 0 Å². The molecule has 5 rings (SSSR count). The second-order valence-electron chi connectivity index (χ2n) is 9.56. The third-order valence-corrected chi connectivity index (χ3v) is 7.07. The number of carbonyl (C=O) groups excluding carboxylic acids is 2. The van der Waals surface area contributed by atoms with Gasteiger partial charge in [0.2, 0.25) is 0 Å². The molecule has 7 nitrogen and oxygen atoms in total. The van der Waals surface area contributed by atoms with Gasteiger partial charge in [-0.05, 0) is 42.5 Å². The standard InChI is InChI=1S/C26H32N4O3/c1-26(11-9-20-5-3-2-4-6-20)24(31)30(25(32)27-26)19-29-14-12-28(13-15-29)18-21-7-8-23-22(17-21)10-16-33-23/h2-8,17H,9-16,18-19H2,1H3,(H,27,32). The molecule has 0 bridgehead atoms. The van der Waals surface area contributed by atoms with E-state index in [0.29, 0.717) is 13.1 Å². The summed E-state index contributed by atoms with van der Waals surface area (Å²) in [5.41, 5.74) is 2.95. The molecule has 3 amide bonds. The fraction of sp³-hybridized carbons (Fsp3) is 0.462. The summed E-state index contributed by atoms with van der Waals surface area (Å²) in [6, 6.07) is 16.3. The molecule has 0 radical (unpaired) electrons. The lowest BCUT2D eigenvalue weighted by atomic mass is 9.93. The van der Waals surface area contributed by atoms with E-state index in [0.717, 1.165) is 57.9 Å². The second-order valence-corrected chi connectivity index (χ2v) is 9.56. The lowest BCUT2D eigenvalue weighted by Gasteiger charge is -2.36. The Bertz CT molecular complexity index is 1020. The minimum atomic E-state index is -0.841. The van der Waals surface area contributed by atoms with E-state index < -0.39 is 5.54 Å². The summed E-state index contributed by atoms with van der Waals surface area (Å²) in [5.74, 6) is 0.902. The Balaban J connectivity index is 1.12. The molecule has 0 spiro atoms. The van der Waals surface area contributed by atoms with E-state index in [-0.39, 0.29) is 11.9 Å². The SMILES string of the molecule is CC1(CCc2ccccc2)NC(=O)N(CN2CCN(Cc3ccc4c(c3)CCO4)CC2)C1=O. The average molecular weight is 449 g/mol. The van der Waals surface area contributed by atoms with Crippen LogP contribution >= 0.6 is 0 Å². The van der Waals surface area contributed by atoms with E-state index in [1.165, 1.54) is 21.6 Å². The molecule has 0 aromatic heterocycles. The number of rotatable bonds is 7. The zero-order valence-corrected chi connectivity index (χ0v) is 19.3. The molecule has 3 heterocycles. The molecular weight excluding hydrogens is 416 g/mol. The summed E-state index contributed by atoms with van der Waals surface area (Å²) in [6.45, 7) is 7.42. The van der Waals surface area contributed by atoms with E-state index in [4.69, 9.17) is 4.74 Å². The highest BCUT2D eigenvalue weighted by atomic mass is 16.5. The summed E-state index contributed by atoms with van der Waals surface area (Å²) in [6.07, 6.45) is 2.34. The minimum Gasteiger partial charge on any atom is -0.493 e. The van der Waals surface area contributed by atoms with Crippen molar-refractivity contribution in [2.45, 2.75) is 38.3 Å². The molecule has 2 fully saturated rings. The van der Waals surface area contributed by atoms with E-state index in [9.17, 15) is 9.59 Å². The van der Waals surface area contributed by atoms with Crippen molar-refractivity contribution in [3.05, 3.63) is 65.2 Å². The summed E-state index contributed by atoms with van der Waals surface area (Å²) in [5, 5.41) is 2.94. The number of imide groups is 1. The van der Waals surface area contributed by atoms with Gasteiger partial charge < -0.3 is 10.1 Å². The second kappa shape index (κ2) is 9.15. The number of ether oxygens (including phenoxy) is 1. The van der Waals surface area contributed by atoms with Crippen LogP contribution in [-0.2, 0) is 24.2 Å². The summed E-state index contributed by atoms with van der Waals surface area (Å²) >= 11 is 0. The van der Waals surface area contributed by atoms with Crippen molar-refractivity contribution >= 4 is 11.9 Å². The van der Waals surface area contributed by atoms with Crippen LogP contribution in [0, 0.1) is 0 Å². The summed E-state index contributed by atoms with van der Waals surface area (Å²) < 4.78 is 5.61. The van der Waals surface area contributed by atoms with Gasteiger partial charge >= 0.3 is 6.03 Å². The Morgan fingerprint density at radius 3 is 2.52 bits per heavy atom. The predicted molar refractivity (Wildman–Crippen MR) is 126 cm³/mol. The quantitative estimate of drug-likeness (QED) is 0.660. The average Bonchev–Trinajstić information content (AvgIpc) is 3.38. The van der Waals surface area contributed by atoms with E-state index in [1.807, 2.05) is 25.1 Å². The van der Waals surface area contributed by atoms with Crippen LogP contribution in [0.2, 0.25) is 0 Å². The van der Waals surface area contributed by atoms with Crippen LogP contribution in [0.4, 0.5) is 4.79 Å². The van der Waals surface area contributed by atoms with Crippen molar-refractivity contribution in [3.63, 3.8) is 0 Å². The van der Waals surface area contributed by atoms with Gasteiger partial charge in [-0.1, -0.05) is 42.5 Å². The first-order chi connectivity index (χ1) is 16.0. The topological polar surface area (TPSA) is 65.1 Å². The van der Waals surface area contributed by atoms with Gasteiger partial charge in [-0.15, -0.1) is 0 Å². The number of aryl methyl sites for hydroxylation is 1. The monoisotopic (exact) mass is 448 g/mol. The Labute approximate surface area is 195 Å². The zero-order chi connectivity index (χ0) is 22.8. The molecule has 33 heavy (non-hydrogen) atoms. The molecule has 2 aromatic rings. The van der Waals surface area contributed by atoms with Crippen LogP contribution in [-0.4, -0.2) is 71.6 Å². The van der Waals surface area contributed by atoms with Gasteiger partial charge in [0, 0.05) is 39.1 Å². The smallest absolute Gasteiger partial charge is 0.326 e. The number of urea groups is 1. The van der Waals surface area contributed by atoms with E-state index >= 15 is 0 Å². The first kappa shape index (κ1) is 21.9. The van der Waals surface area contributed by atoms with Crippen LogP contribution in [0.5, 0.6) is 5.75 Å². The maximum Gasteiger partial charge on any atom is 0.326 e. The first-order valence-electron chi connectivity index (χ1n) is 11.9. The van der Waals surface area contributed by atoms with Crippen LogP contribution in [0.15, 0.2) is 48.5 Å². The number of amides is 3. The number of piperazine rings is 1. The van der Waals surface area contributed by atoms with Gasteiger partial charge in [0.15, 0.2) is 0 Å². The van der Waals surface area contributed by atoms with Crippen molar-refractivity contribution < 1.29 is 14.3 Å². The largest absolute Gasteiger partial charge is 0.493 e. The summed E-state index contributed by atoms with van der Waals surface area (Å²) in [4.78, 5) is 31.8. The molecule has 2 aromatic carbocycles. The minimum absolute atomic E-state index is 0.119. The fourth-order valence-electron chi connectivity index (χ4n) is 4.97. The van der Waals surface area contributed by atoms with Gasteiger partial charge in [0.05, 0.1) is 13.3 Å². The molecule has 1 atom stereocenters. The maximum atomic E-state index is 13.1. The van der Waals surface area contributed by atoms with Crippen molar-refractivity contribution in [1.82, 2.24) is 20.0 Å². The summed E-state index contributed by atoms with van der Waals surface area (Å²) in [7, 11) is 0. The third-order valence-electron chi connectivity index (χ3n) is 7.07. The van der Waals surface area contributed by atoms with Gasteiger partial charge in [0.25, 0.3) is 5.91 Å². The van der Waals surface area contributed by atoms with Crippen molar-refractivity contribution in [1.29, 1.82) is 0 Å². The molecule has 2 saturated heterocycles. The molecule has 7 heteroatoms. The molecule has 1 N–H and O–H groups in total. The van der Waals surface area contributed by atoms with Gasteiger partial charge in [-0.25, -0.2) is 9.69 Å². The lowest BCUT2D eigenvalue weighted by Crippen LogP contribution is -2.51. The first-order valence-corrected chi connectivity index (χ1v) is 11.9. The molecule has 0 saturated carbocycles. The van der Waals surface area contributed by atoms with Crippen LogP contribution in [0.3, 0.4) is 0 Å². The van der Waals surface area contributed by atoms with Gasteiger partial charge in [0.1, 0.15) is 11.3 Å². The van der Waals surface area contributed by atoms with E-state index in [2.05, 4.69) is 45.4 Å². The number of hydrogen-bond donors (Lipinski definition) is 1. The Hall–Kier alpha value is -2.90. The number of fused-ring (bicyclic) bond motifs is 1. The highest BCUT2D eigenvalue weighted by Crippen LogP contribution is 2.27.